The molecule has 2 aromatic carbocycles. The normalized spacial score (nSPS) is 24.1. The van der Waals surface area contributed by atoms with Gasteiger partial charge in [-0.3, -0.25) is 4.79 Å². The lowest BCUT2D eigenvalue weighted by atomic mass is 9.88. The third kappa shape index (κ3) is 4.82. The Kier molecular flexibility index (Phi) is 6.65. The number of nitrogens with one attached hydrogen (secondary N) is 1. The molecule has 1 aliphatic heterocycles. The van der Waals surface area contributed by atoms with Crippen molar-refractivity contribution in [3.05, 3.63) is 65.5 Å². The van der Waals surface area contributed by atoms with Crippen LogP contribution in [0, 0.1) is 11.7 Å². The highest BCUT2D eigenvalue weighted by Gasteiger charge is 2.41. The van der Waals surface area contributed by atoms with Crippen molar-refractivity contribution in [2.45, 2.75) is 31.3 Å². The van der Waals surface area contributed by atoms with E-state index in [1.165, 1.54) is 17.7 Å². The average Bonchev–Trinajstić information content (AvgIpc) is 3.23. The fourth-order valence-corrected chi connectivity index (χ4v) is 4.58. The van der Waals surface area contributed by atoms with Gasteiger partial charge in [-0.15, -0.1) is 0 Å². The van der Waals surface area contributed by atoms with E-state index < -0.39 is 0 Å². The molecule has 1 saturated heterocycles. The van der Waals surface area contributed by atoms with Gasteiger partial charge >= 0.3 is 0 Å². The fourth-order valence-electron chi connectivity index (χ4n) is 4.58. The van der Waals surface area contributed by atoms with E-state index in [9.17, 15) is 9.18 Å². The molecule has 0 radical (unpaired) electrons. The van der Waals surface area contributed by atoms with E-state index in [1.807, 2.05) is 29.2 Å². The molecule has 1 aliphatic carbocycles. The van der Waals surface area contributed by atoms with Crippen molar-refractivity contribution in [1.29, 1.82) is 0 Å². The lowest BCUT2D eigenvalue weighted by Gasteiger charge is -2.31. The summed E-state index contributed by atoms with van der Waals surface area (Å²) >= 11 is 0. The zero-order valence-corrected chi connectivity index (χ0v) is 17.4. The predicted molar refractivity (Wildman–Crippen MR) is 113 cm³/mol. The minimum absolute atomic E-state index is 0.0920. The molecule has 2 aromatic rings. The molecule has 2 fully saturated rings. The number of ether oxygens (including phenoxy) is 2. The number of morpholine rings is 1. The second-order valence-corrected chi connectivity index (χ2v) is 8.10. The predicted octanol–water partition coefficient (Wildman–Crippen LogP) is 3.35. The molecule has 4 rings (SSSR count). The number of carbonyl (C=O) groups is 1. The summed E-state index contributed by atoms with van der Waals surface area (Å²) < 4.78 is 24.1. The van der Waals surface area contributed by atoms with Gasteiger partial charge in [0, 0.05) is 31.6 Å². The molecular weight excluding hydrogens is 383 g/mol. The Morgan fingerprint density at radius 2 is 1.80 bits per heavy atom. The molecule has 1 heterocycles. The van der Waals surface area contributed by atoms with Crippen LogP contribution in [0.25, 0.3) is 0 Å². The van der Waals surface area contributed by atoms with Crippen LogP contribution in [0.1, 0.15) is 29.9 Å². The van der Waals surface area contributed by atoms with Crippen LogP contribution in [0.15, 0.2) is 48.5 Å². The van der Waals surface area contributed by atoms with Crippen LogP contribution in [-0.4, -0.2) is 50.3 Å². The largest absolute Gasteiger partial charge is 0.497 e. The summed E-state index contributed by atoms with van der Waals surface area (Å²) in [4.78, 5) is 15.2. The van der Waals surface area contributed by atoms with Gasteiger partial charge in [0.15, 0.2) is 0 Å². The first-order valence-corrected chi connectivity index (χ1v) is 10.6. The van der Waals surface area contributed by atoms with Gasteiger partial charge in [0.2, 0.25) is 5.91 Å². The van der Waals surface area contributed by atoms with Crippen molar-refractivity contribution in [3.63, 3.8) is 0 Å². The van der Waals surface area contributed by atoms with Gasteiger partial charge in [0.05, 0.1) is 20.3 Å². The molecule has 6 heteroatoms. The van der Waals surface area contributed by atoms with Gasteiger partial charge in [-0.1, -0.05) is 24.3 Å². The minimum atomic E-state index is -0.248. The molecule has 1 amide bonds. The maximum atomic E-state index is 13.4. The molecule has 1 saturated carbocycles. The summed E-state index contributed by atoms with van der Waals surface area (Å²) in [5, 5.41) is 3.62. The Bertz CT molecular complexity index is 835. The van der Waals surface area contributed by atoms with E-state index in [-0.39, 0.29) is 29.6 Å². The zero-order chi connectivity index (χ0) is 20.9. The number of nitrogens with zero attached hydrogens (tertiary/aromatic N) is 1. The molecule has 5 nitrogen and oxygen atoms in total. The SMILES string of the molecule is COc1ccc(CN[C@@H]2C[C@H](C(=O)N3CCOCC3)[C@@H](c3ccc(F)cc3)C2)cc1. The van der Waals surface area contributed by atoms with E-state index in [0.29, 0.717) is 26.3 Å². The molecule has 30 heavy (non-hydrogen) atoms. The summed E-state index contributed by atoms with van der Waals surface area (Å²) in [6.07, 6.45) is 1.65. The van der Waals surface area contributed by atoms with E-state index in [0.717, 1.165) is 30.7 Å². The van der Waals surface area contributed by atoms with Gasteiger partial charge in [0.25, 0.3) is 0 Å². The first-order chi connectivity index (χ1) is 14.6. The van der Waals surface area contributed by atoms with E-state index >= 15 is 0 Å². The van der Waals surface area contributed by atoms with Gasteiger partial charge in [-0.2, -0.15) is 0 Å². The molecule has 160 valence electrons. The summed E-state index contributed by atoms with van der Waals surface area (Å²) in [6, 6.07) is 14.9. The molecule has 2 aliphatic rings. The van der Waals surface area contributed by atoms with Crippen LogP contribution in [0.2, 0.25) is 0 Å². The van der Waals surface area contributed by atoms with Crippen molar-refractivity contribution in [2.75, 3.05) is 33.4 Å². The first kappa shape index (κ1) is 20.8. The van der Waals surface area contributed by atoms with Crippen molar-refractivity contribution < 1.29 is 18.7 Å². The lowest BCUT2D eigenvalue weighted by Crippen LogP contribution is -2.44. The van der Waals surface area contributed by atoms with Crippen LogP contribution >= 0.6 is 0 Å². The highest BCUT2D eigenvalue weighted by Crippen LogP contribution is 2.41. The van der Waals surface area contributed by atoms with Crippen molar-refractivity contribution in [3.8, 4) is 5.75 Å². The lowest BCUT2D eigenvalue weighted by molar-refractivity contribution is -0.140. The Morgan fingerprint density at radius 1 is 1.10 bits per heavy atom. The third-order valence-electron chi connectivity index (χ3n) is 6.25. The van der Waals surface area contributed by atoms with Gasteiger partial charge in [-0.05, 0) is 54.2 Å². The van der Waals surface area contributed by atoms with Gasteiger partial charge < -0.3 is 19.7 Å². The summed E-state index contributed by atoms with van der Waals surface area (Å²) in [6.45, 7) is 3.23. The molecular formula is C24H29FN2O3. The van der Waals surface area contributed by atoms with Gasteiger partial charge in [0.1, 0.15) is 11.6 Å². The highest BCUT2D eigenvalue weighted by atomic mass is 19.1. The maximum Gasteiger partial charge on any atom is 0.226 e. The van der Waals surface area contributed by atoms with Crippen molar-refractivity contribution in [2.24, 2.45) is 5.92 Å². The molecule has 0 aromatic heterocycles. The second kappa shape index (κ2) is 9.58. The Morgan fingerprint density at radius 3 is 2.47 bits per heavy atom. The number of hydrogen-bond donors (Lipinski definition) is 1. The Balaban J connectivity index is 1.46. The summed E-state index contributed by atoms with van der Waals surface area (Å²) in [5.41, 5.74) is 2.22. The van der Waals surface area contributed by atoms with E-state index in [4.69, 9.17) is 9.47 Å². The number of benzene rings is 2. The highest BCUT2D eigenvalue weighted by molar-refractivity contribution is 5.80. The second-order valence-electron chi connectivity index (χ2n) is 8.10. The molecule has 0 spiro atoms. The third-order valence-corrected chi connectivity index (χ3v) is 6.25. The van der Waals surface area contributed by atoms with Crippen LogP contribution in [-0.2, 0) is 16.1 Å². The summed E-state index contributed by atoms with van der Waals surface area (Å²) in [5.74, 6) is 0.784. The minimum Gasteiger partial charge on any atom is -0.497 e. The molecule has 3 atom stereocenters. The van der Waals surface area contributed by atoms with Crippen LogP contribution in [0.3, 0.4) is 0 Å². The summed E-state index contributed by atoms with van der Waals surface area (Å²) in [7, 11) is 1.66. The number of amides is 1. The van der Waals surface area contributed by atoms with E-state index in [1.54, 1.807) is 7.11 Å². The average molecular weight is 413 g/mol. The monoisotopic (exact) mass is 412 g/mol. The smallest absolute Gasteiger partial charge is 0.226 e. The standard InChI is InChI=1S/C24H29FN2O3/c1-29-21-8-2-17(3-9-21)16-26-20-14-22(18-4-6-19(25)7-5-18)23(15-20)24(28)27-10-12-30-13-11-27/h2-9,20,22-23,26H,10-16H2,1H3/t20-,22+,23-/m0/s1. The topological polar surface area (TPSA) is 50.8 Å². The molecule has 0 bridgehead atoms. The number of carbonyl (C=O) groups excluding carboxylic acids is 1. The van der Waals surface area contributed by atoms with E-state index in [2.05, 4.69) is 17.4 Å². The maximum absolute atomic E-state index is 13.4. The fraction of sp³-hybridized carbons (Fsp3) is 0.458. The Hall–Kier alpha value is -2.44. The Labute approximate surface area is 177 Å². The number of halogens is 1. The van der Waals surface area contributed by atoms with Crippen molar-refractivity contribution >= 4 is 5.91 Å². The number of methoxy groups -OCH3 is 1. The van der Waals surface area contributed by atoms with Gasteiger partial charge in [-0.25, -0.2) is 4.39 Å². The quantitative estimate of drug-likeness (QED) is 0.791. The number of rotatable bonds is 6. The molecule has 0 unspecified atom stereocenters. The van der Waals surface area contributed by atoms with Crippen molar-refractivity contribution in [1.82, 2.24) is 10.2 Å². The van der Waals surface area contributed by atoms with Crippen LogP contribution < -0.4 is 10.1 Å². The van der Waals surface area contributed by atoms with Crippen LogP contribution in [0.4, 0.5) is 4.39 Å². The zero-order valence-electron chi connectivity index (χ0n) is 17.4. The first-order valence-electron chi connectivity index (χ1n) is 10.6. The molecule has 1 N–H and O–H groups in total. The van der Waals surface area contributed by atoms with Crippen LogP contribution in [0.5, 0.6) is 5.75 Å². The number of hydrogen-bond acceptors (Lipinski definition) is 4.